The predicted molar refractivity (Wildman–Crippen MR) is 119 cm³/mol. The molecule has 0 heterocycles. The van der Waals surface area contributed by atoms with Crippen LogP contribution in [0.2, 0.25) is 0 Å². The summed E-state index contributed by atoms with van der Waals surface area (Å²) in [6, 6.07) is 11.7. The molecule has 0 saturated carbocycles. The van der Waals surface area contributed by atoms with Crippen molar-refractivity contribution < 1.29 is 9.90 Å². The van der Waals surface area contributed by atoms with Crippen molar-refractivity contribution in [2.24, 2.45) is 0 Å². The Morgan fingerprint density at radius 1 is 1.00 bits per heavy atom. The van der Waals surface area contributed by atoms with E-state index in [1.54, 1.807) is 6.08 Å². The highest BCUT2D eigenvalue weighted by molar-refractivity contribution is 5.90. The van der Waals surface area contributed by atoms with E-state index in [-0.39, 0.29) is 16.7 Å². The van der Waals surface area contributed by atoms with E-state index in [1.165, 1.54) is 0 Å². The summed E-state index contributed by atoms with van der Waals surface area (Å²) in [5.41, 5.74) is 4.39. The number of carbonyl (C=O) groups is 1. The van der Waals surface area contributed by atoms with Gasteiger partial charge in [0.05, 0.1) is 0 Å². The molecule has 0 fully saturated rings. The molecule has 2 rings (SSSR count). The molecular weight excluding hydrogens is 346 g/mol. The summed E-state index contributed by atoms with van der Waals surface area (Å²) in [6.45, 7) is 16.3. The van der Waals surface area contributed by atoms with Gasteiger partial charge in [0.15, 0.2) is 0 Å². The quantitative estimate of drug-likeness (QED) is 0.649. The maximum Gasteiger partial charge on any atom is 0.224 e. The number of anilines is 1. The van der Waals surface area contributed by atoms with Crippen LogP contribution in [0.5, 0.6) is 5.75 Å². The van der Waals surface area contributed by atoms with Gasteiger partial charge in [-0.2, -0.15) is 0 Å². The fraction of sp³-hybridized carbons (Fsp3) is 0.400. The van der Waals surface area contributed by atoms with Gasteiger partial charge in [-0.15, -0.1) is 0 Å². The van der Waals surface area contributed by atoms with E-state index in [1.807, 2.05) is 36.4 Å². The van der Waals surface area contributed by atoms with Gasteiger partial charge >= 0.3 is 0 Å². The summed E-state index contributed by atoms with van der Waals surface area (Å²) in [6.07, 6.45) is 2.79. The van der Waals surface area contributed by atoms with Crippen LogP contribution < -0.4 is 5.32 Å². The van der Waals surface area contributed by atoms with Gasteiger partial charge < -0.3 is 10.4 Å². The van der Waals surface area contributed by atoms with Crippen molar-refractivity contribution in [3.8, 4) is 5.75 Å². The van der Waals surface area contributed by atoms with Gasteiger partial charge in [-0.3, -0.25) is 4.79 Å². The zero-order chi connectivity index (χ0) is 21.1. The highest BCUT2D eigenvalue weighted by atomic mass is 16.3. The first-order valence-corrected chi connectivity index (χ1v) is 9.81. The summed E-state index contributed by atoms with van der Waals surface area (Å²) in [7, 11) is 0. The molecule has 0 aliphatic rings. The zero-order valence-electron chi connectivity index (χ0n) is 18.0. The molecule has 2 aromatic carbocycles. The highest BCUT2D eigenvalue weighted by Crippen LogP contribution is 2.40. The number of benzene rings is 2. The SMILES string of the molecule is C=Cc1ccc(NC(=O)CCc2cc(C(C)(C)C)c(O)c(C(C)(C)C)c2)cc1. The Hall–Kier alpha value is -2.55. The van der Waals surface area contributed by atoms with E-state index >= 15 is 0 Å². The molecule has 0 saturated heterocycles. The van der Waals surface area contributed by atoms with Crippen molar-refractivity contribution in [1.82, 2.24) is 0 Å². The largest absolute Gasteiger partial charge is 0.507 e. The predicted octanol–water partition coefficient (Wildman–Crippen LogP) is 6.20. The molecule has 2 aromatic rings. The number of nitrogens with one attached hydrogen (secondary N) is 1. The fourth-order valence-corrected chi connectivity index (χ4v) is 3.17. The van der Waals surface area contributed by atoms with Crippen molar-refractivity contribution in [3.05, 3.63) is 65.2 Å². The highest BCUT2D eigenvalue weighted by Gasteiger charge is 2.26. The van der Waals surface area contributed by atoms with E-state index in [2.05, 4.69) is 53.4 Å². The number of aryl methyl sites for hydroxylation is 1. The first-order valence-electron chi connectivity index (χ1n) is 9.81. The molecule has 3 heteroatoms. The smallest absolute Gasteiger partial charge is 0.224 e. The number of phenols is 1. The van der Waals surface area contributed by atoms with E-state index < -0.39 is 0 Å². The van der Waals surface area contributed by atoms with E-state index in [9.17, 15) is 9.90 Å². The molecule has 0 atom stereocenters. The molecular formula is C25H33NO2. The number of hydrogen-bond donors (Lipinski definition) is 2. The average molecular weight is 380 g/mol. The monoisotopic (exact) mass is 379 g/mol. The lowest BCUT2D eigenvalue weighted by Gasteiger charge is -2.28. The van der Waals surface area contributed by atoms with Crippen LogP contribution in [0.3, 0.4) is 0 Å². The number of aromatic hydroxyl groups is 1. The van der Waals surface area contributed by atoms with Gasteiger partial charge in [-0.05, 0) is 51.6 Å². The lowest BCUT2D eigenvalue weighted by atomic mass is 9.78. The van der Waals surface area contributed by atoms with Crippen LogP contribution in [-0.2, 0) is 22.0 Å². The number of phenolic OH excluding ortho intramolecular Hbond substituents is 1. The summed E-state index contributed by atoms with van der Waals surface area (Å²) in [5.74, 6) is 0.351. The molecule has 0 radical (unpaired) electrons. The lowest BCUT2D eigenvalue weighted by molar-refractivity contribution is -0.116. The molecule has 0 spiro atoms. The van der Waals surface area contributed by atoms with Crippen LogP contribution >= 0.6 is 0 Å². The third kappa shape index (κ3) is 5.48. The third-order valence-electron chi connectivity index (χ3n) is 4.86. The van der Waals surface area contributed by atoms with E-state index in [0.29, 0.717) is 18.6 Å². The number of hydrogen-bond acceptors (Lipinski definition) is 2. The molecule has 150 valence electrons. The summed E-state index contributed by atoms with van der Waals surface area (Å²) in [5, 5.41) is 13.8. The van der Waals surface area contributed by atoms with Crippen LogP contribution in [0.25, 0.3) is 6.08 Å². The van der Waals surface area contributed by atoms with Crippen molar-refractivity contribution in [2.45, 2.75) is 65.2 Å². The second kappa shape index (κ2) is 8.22. The molecule has 0 aliphatic carbocycles. The van der Waals surface area contributed by atoms with Crippen LogP contribution in [0, 0.1) is 0 Å². The summed E-state index contributed by atoms with van der Waals surface area (Å²) >= 11 is 0. The Bertz CT molecular complexity index is 815. The van der Waals surface area contributed by atoms with Crippen LogP contribution in [0.15, 0.2) is 43.0 Å². The Morgan fingerprint density at radius 2 is 1.50 bits per heavy atom. The fourth-order valence-electron chi connectivity index (χ4n) is 3.17. The number of amides is 1. The molecule has 1 amide bonds. The number of rotatable bonds is 5. The second-order valence-electron chi connectivity index (χ2n) is 9.41. The summed E-state index contributed by atoms with van der Waals surface area (Å²) < 4.78 is 0. The molecule has 28 heavy (non-hydrogen) atoms. The number of carbonyl (C=O) groups excluding carboxylic acids is 1. The molecule has 0 bridgehead atoms. The van der Waals surface area contributed by atoms with E-state index in [4.69, 9.17) is 0 Å². The Balaban J connectivity index is 2.18. The Labute approximate surface area is 169 Å². The average Bonchev–Trinajstić information content (AvgIpc) is 2.59. The minimum Gasteiger partial charge on any atom is -0.507 e. The van der Waals surface area contributed by atoms with Gasteiger partial charge in [0.1, 0.15) is 5.75 Å². The van der Waals surface area contributed by atoms with Crippen molar-refractivity contribution in [3.63, 3.8) is 0 Å². The minimum absolute atomic E-state index is 0.0194. The van der Waals surface area contributed by atoms with Crippen LogP contribution in [-0.4, -0.2) is 11.0 Å². The standard InChI is InChI=1S/C25H33NO2/c1-8-17-9-12-19(13-10-17)26-22(27)14-11-18-15-20(24(2,3)4)23(28)21(16-18)25(5,6)7/h8-10,12-13,15-16,28H,1,11,14H2,2-7H3,(H,26,27). The Morgan fingerprint density at radius 3 is 1.93 bits per heavy atom. The minimum atomic E-state index is -0.171. The van der Waals surface area contributed by atoms with Crippen molar-refractivity contribution >= 4 is 17.7 Å². The molecule has 0 unspecified atom stereocenters. The summed E-state index contributed by atoms with van der Waals surface area (Å²) in [4.78, 5) is 12.4. The second-order valence-corrected chi connectivity index (χ2v) is 9.41. The maximum absolute atomic E-state index is 12.4. The third-order valence-corrected chi connectivity index (χ3v) is 4.86. The van der Waals surface area contributed by atoms with Gasteiger partial charge in [0.25, 0.3) is 0 Å². The van der Waals surface area contributed by atoms with Gasteiger partial charge in [0.2, 0.25) is 5.91 Å². The first kappa shape index (κ1) is 21.7. The maximum atomic E-state index is 12.4. The molecule has 2 N–H and O–H groups in total. The molecule has 0 aliphatic heterocycles. The van der Waals surface area contributed by atoms with Crippen LogP contribution in [0.1, 0.15) is 70.2 Å². The molecule has 3 nitrogen and oxygen atoms in total. The zero-order valence-corrected chi connectivity index (χ0v) is 18.0. The van der Waals surface area contributed by atoms with Gasteiger partial charge in [-0.1, -0.05) is 78.5 Å². The Kier molecular flexibility index (Phi) is 6.38. The van der Waals surface area contributed by atoms with Crippen molar-refractivity contribution in [1.29, 1.82) is 0 Å². The molecule has 0 aromatic heterocycles. The first-order chi connectivity index (χ1) is 12.9. The van der Waals surface area contributed by atoms with Gasteiger partial charge in [-0.25, -0.2) is 0 Å². The topological polar surface area (TPSA) is 49.3 Å². The van der Waals surface area contributed by atoms with Gasteiger partial charge in [0, 0.05) is 12.1 Å². The van der Waals surface area contributed by atoms with E-state index in [0.717, 1.165) is 27.9 Å². The lowest BCUT2D eigenvalue weighted by Crippen LogP contribution is -2.18. The van der Waals surface area contributed by atoms with Crippen LogP contribution in [0.4, 0.5) is 5.69 Å². The normalized spacial score (nSPS) is 11.9. The van der Waals surface area contributed by atoms with Crippen molar-refractivity contribution in [2.75, 3.05) is 5.32 Å².